The molecule has 89 heavy (non-hydrogen) atoms. The maximum absolute atomic E-state index is 13.3. The van der Waals surface area contributed by atoms with Gasteiger partial charge in [-0.3, -0.25) is 4.79 Å². The van der Waals surface area contributed by atoms with E-state index in [1.165, 1.54) is 116 Å². The first-order valence-electron chi connectivity index (χ1n) is 34.7. The summed E-state index contributed by atoms with van der Waals surface area (Å²) >= 11 is 0. The Balaban J connectivity index is 1.26. The van der Waals surface area contributed by atoms with Gasteiger partial charge >= 0.3 is 0 Å². The fraction of sp³-hybridized carbons (Fsp3) is 0.814. The van der Waals surface area contributed by atoms with Gasteiger partial charge in [-0.1, -0.05) is 234 Å². The molecule has 1 amide bonds. The van der Waals surface area contributed by atoms with Gasteiger partial charge in [0.05, 0.1) is 38.6 Å². The highest BCUT2D eigenvalue weighted by Gasteiger charge is 2.53. The third-order valence-corrected chi connectivity index (χ3v) is 17.0. The van der Waals surface area contributed by atoms with Crippen LogP contribution in [-0.4, -0.2) is 193 Å². The molecule has 0 aliphatic carbocycles. The predicted molar refractivity (Wildman–Crippen MR) is 346 cm³/mol. The Morgan fingerprint density at radius 1 is 0.416 bits per heavy atom. The van der Waals surface area contributed by atoms with E-state index in [-0.39, 0.29) is 18.9 Å². The normalized spacial score (nSPS) is 28.7. The molecule has 17 unspecified atom stereocenters. The van der Waals surface area contributed by atoms with Gasteiger partial charge in [-0.15, -0.1) is 0 Å². The molecule has 3 saturated heterocycles. The summed E-state index contributed by atoms with van der Waals surface area (Å²) in [7, 11) is 0. The number of carbonyl (C=O) groups is 1. The summed E-state index contributed by atoms with van der Waals surface area (Å²) < 4.78 is 34.2. The maximum Gasteiger partial charge on any atom is 0.220 e. The van der Waals surface area contributed by atoms with Crippen LogP contribution in [0, 0.1) is 0 Å². The number of aliphatic hydroxyl groups excluding tert-OH is 11. The zero-order chi connectivity index (χ0) is 64.7. The first-order valence-corrected chi connectivity index (χ1v) is 34.7. The number of hydrogen-bond donors (Lipinski definition) is 12. The molecule has 0 aromatic heterocycles. The van der Waals surface area contributed by atoms with Gasteiger partial charge in [0.1, 0.15) is 73.2 Å². The van der Waals surface area contributed by atoms with Crippen LogP contribution < -0.4 is 5.32 Å². The van der Waals surface area contributed by atoms with Crippen molar-refractivity contribution < 1.29 is 89.4 Å². The van der Waals surface area contributed by atoms with E-state index in [0.717, 1.165) is 89.9 Å². The fourth-order valence-electron chi connectivity index (χ4n) is 11.4. The van der Waals surface area contributed by atoms with Crippen LogP contribution >= 0.6 is 0 Å². The van der Waals surface area contributed by atoms with Crippen LogP contribution in [-0.2, 0) is 33.2 Å². The SMILES string of the molecule is CC/C=C\C/C=C\C/C=C\C/C=C\C/C=C\CCCCCCCCCCCCCCCCCCCCCCCC(=O)NC(COC1OC(CO)C(OC2OC(CO)C(OC3OC(CO)C(O)C(O)C3O)C(O)C2O)C(O)C1O)C(O)/C=C/CCCCCCC. The Morgan fingerprint density at radius 2 is 0.775 bits per heavy atom. The number of unbranched alkanes of at least 4 members (excludes halogenated alkanes) is 26. The number of allylic oxidation sites excluding steroid dienone is 11. The van der Waals surface area contributed by atoms with Crippen molar-refractivity contribution in [1.29, 1.82) is 0 Å². The summed E-state index contributed by atoms with van der Waals surface area (Å²) in [5, 5.41) is 120. The second kappa shape index (κ2) is 51.6. The van der Waals surface area contributed by atoms with E-state index < -0.39 is 124 Å². The average molecular weight is 1270 g/mol. The second-order valence-corrected chi connectivity index (χ2v) is 24.6. The molecule has 0 bridgehead atoms. The quantitative estimate of drug-likeness (QED) is 0.0200. The number of hydrogen-bond acceptors (Lipinski definition) is 18. The van der Waals surface area contributed by atoms with E-state index in [1.54, 1.807) is 6.08 Å². The summed E-state index contributed by atoms with van der Waals surface area (Å²) in [5.74, 6) is -0.279. The highest BCUT2D eigenvalue weighted by atomic mass is 16.8. The number of nitrogens with one attached hydrogen (secondary N) is 1. The molecule has 3 aliphatic heterocycles. The van der Waals surface area contributed by atoms with Gasteiger partial charge in [-0.2, -0.15) is 0 Å². The molecule has 12 N–H and O–H groups in total. The Kier molecular flexibility index (Phi) is 46.7. The summed E-state index contributed by atoms with van der Waals surface area (Å²) in [5.41, 5.74) is 0. The molecule has 3 rings (SSSR count). The smallest absolute Gasteiger partial charge is 0.220 e. The van der Waals surface area contributed by atoms with Gasteiger partial charge in [0.15, 0.2) is 18.9 Å². The third-order valence-electron chi connectivity index (χ3n) is 17.0. The van der Waals surface area contributed by atoms with Crippen LogP contribution in [0.5, 0.6) is 0 Å². The van der Waals surface area contributed by atoms with E-state index >= 15 is 0 Å². The fourth-order valence-corrected chi connectivity index (χ4v) is 11.4. The molecule has 0 aromatic carbocycles. The van der Waals surface area contributed by atoms with Crippen molar-refractivity contribution >= 4 is 5.91 Å². The lowest BCUT2D eigenvalue weighted by Gasteiger charge is -2.48. The lowest BCUT2D eigenvalue weighted by molar-refractivity contribution is -0.379. The van der Waals surface area contributed by atoms with E-state index in [1.807, 2.05) is 6.08 Å². The van der Waals surface area contributed by atoms with Gasteiger partial charge in [-0.25, -0.2) is 0 Å². The minimum atomic E-state index is -1.98. The van der Waals surface area contributed by atoms with Crippen molar-refractivity contribution in [2.45, 2.75) is 336 Å². The molecule has 0 aromatic rings. The minimum absolute atomic E-state index is 0.243. The molecule has 19 heteroatoms. The van der Waals surface area contributed by atoms with Crippen molar-refractivity contribution in [2.24, 2.45) is 0 Å². The highest BCUT2D eigenvalue weighted by Crippen LogP contribution is 2.33. The molecule has 0 spiro atoms. The molecule has 3 aliphatic rings. The van der Waals surface area contributed by atoms with Gasteiger partial charge in [0.2, 0.25) is 5.91 Å². The number of aliphatic hydroxyl groups is 11. The Hall–Kier alpha value is -2.77. The van der Waals surface area contributed by atoms with Crippen LogP contribution in [0.2, 0.25) is 0 Å². The monoisotopic (exact) mass is 1270 g/mol. The first kappa shape index (κ1) is 80.5. The number of rotatable bonds is 52. The average Bonchev–Trinajstić information content (AvgIpc) is 2.14. The van der Waals surface area contributed by atoms with Crippen molar-refractivity contribution in [3.8, 4) is 0 Å². The summed E-state index contributed by atoms with van der Waals surface area (Å²) in [6.07, 6.45) is 38.2. The Bertz CT molecular complexity index is 1900. The zero-order valence-corrected chi connectivity index (χ0v) is 54.4. The standard InChI is InChI=1S/C70H123NO18/c1-3-5-7-9-11-12-13-14-15-16-17-18-19-20-21-22-23-24-25-26-27-28-29-30-31-32-33-34-35-36-37-38-39-40-42-44-46-48-58(76)71-53(54(75)47-45-43-41-10-8-6-4-2)52-84-68-64(82)61(79)66(56(50-73)86-68)89-70-65(83)62(80)67(57(51-74)87-70)88-69-63(81)60(78)59(77)55(49-72)85-69/h5,7,11-12,14-15,17-18,20-21,45,47,53-57,59-70,72-75,77-83H,3-4,6,8-10,13,16,19,22-44,46,48-52H2,1-2H3,(H,71,76)/b7-5-,12-11-,15-14-,18-17-,21-20-,47-45+. The van der Waals surface area contributed by atoms with Crippen LogP contribution in [0.3, 0.4) is 0 Å². The lowest BCUT2D eigenvalue weighted by Crippen LogP contribution is -2.66. The molecule has 516 valence electrons. The van der Waals surface area contributed by atoms with Gasteiger partial charge < -0.3 is 89.9 Å². The summed E-state index contributed by atoms with van der Waals surface area (Å²) in [6, 6.07) is -0.970. The first-order chi connectivity index (χ1) is 43.3. The van der Waals surface area contributed by atoms with Crippen molar-refractivity contribution in [1.82, 2.24) is 5.32 Å². The summed E-state index contributed by atoms with van der Waals surface area (Å²) in [6.45, 7) is 1.54. The molecule has 3 heterocycles. The van der Waals surface area contributed by atoms with E-state index in [0.29, 0.717) is 6.42 Å². The second-order valence-electron chi connectivity index (χ2n) is 24.6. The van der Waals surface area contributed by atoms with Crippen LogP contribution in [0.4, 0.5) is 0 Å². The molecule has 17 atom stereocenters. The topological polar surface area (TPSA) is 307 Å². The van der Waals surface area contributed by atoms with Crippen LogP contribution in [0.25, 0.3) is 0 Å². The Morgan fingerprint density at radius 3 is 1.21 bits per heavy atom. The molecular formula is C70H123NO18. The van der Waals surface area contributed by atoms with Gasteiger partial charge in [-0.05, 0) is 64.2 Å². The predicted octanol–water partition coefficient (Wildman–Crippen LogP) is 8.94. The van der Waals surface area contributed by atoms with E-state index in [2.05, 4.69) is 79.9 Å². The molecule has 0 saturated carbocycles. The maximum atomic E-state index is 13.3. The Labute approximate surface area is 534 Å². The lowest BCUT2D eigenvalue weighted by atomic mass is 9.96. The van der Waals surface area contributed by atoms with E-state index in [9.17, 15) is 61.0 Å². The third kappa shape index (κ3) is 33.8. The number of ether oxygens (including phenoxy) is 6. The highest BCUT2D eigenvalue weighted by molar-refractivity contribution is 5.76. The molecular weight excluding hydrogens is 1140 g/mol. The van der Waals surface area contributed by atoms with Crippen molar-refractivity contribution in [3.05, 3.63) is 72.9 Å². The van der Waals surface area contributed by atoms with Gasteiger partial charge in [0.25, 0.3) is 0 Å². The van der Waals surface area contributed by atoms with Crippen molar-refractivity contribution in [2.75, 3.05) is 26.4 Å². The van der Waals surface area contributed by atoms with E-state index in [4.69, 9.17) is 28.4 Å². The summed E-state index contributed by atoms with van der Waals surface area (Å²) in [4.78, 5) is 13.3. The number of amides is 1. The largest absolute Gasteiger partial charge is 0.394 e. The van der Waals surface area contributed by atoms with Crippen LogP contribution in [0.15, 0.2) is 72.9 Å². The number of carbonyl (C=O) groups excluding carboxylic acids is 1. The molecule has 0 radical (unpaired) electrons. The van der Waals surface area contributed by atoms with Crippen LogP contribution in [0.1, 0.15) is 232 Å². The van der Waals surface area contributed by atoms with Gasteiger partial charge in [0, 0.05) is 6.42 Å². The van der Waals surface area contributed by atoms with Crippen molar-refractivity contribution in [3.63, 3.8) is 0 Å². The minimum Gasteiger partial charge on any atom is -0.394 e. The molecule has 3 fully saturated rings. The zero-order valence-electron chi connectivity index (χ0n) is 54.4. The molecule has 19 nitrogen and oxygen atoms in total.